The molecule has 1 atom stereocenters. The Bertz CT molecular complexity index is 661. The molecule has 0 fully saturated rings. The van der Waals surface area contributed by atoms with E-state index in [2.05, 4.69) is 10.6 Å². The Morgan fingerprint density at radius 1 is 1.22 bits per heavy atom. The van der Waals surface area contributed by atoms with Crippen molar-refractivity contribution in [2.45, 2.75) is 19.9 Å². The van der Waals surface area contributed by atoms with Gasteiger partial charge in [-0.2, -0.15) is 0 Å². The van der Waals surface area contributed by atoms with Gasteiger partial charge in [-0.1, -0.05) is 35.9 Å². The summed E-state index contributed by atoms with van der Waals surface area (Å²) in [4.78, 5) is 12.1. The molecule has 23 heavy (non-hydrogen) atoms. The monoisotopic (exact) mass is 332 g/mol. The number of hydrogen-bond donors (Lipinski definition) is 2. The van der Waals surface area contributed by atoms with Gasteiger partial charge in [0.2, 0.25) is 5.91 Å². The molecule has 2 rings (SSSR count). The maximum atomic E-state index is 12.1. The molecule has 0 aliphatic rings. The van der Waals surface area contributed by atoms with Gasteiger partial charge in [0.05, 0.1) is 18.8 Å². The molecule has 0 aromatic heterocycles. The Kier molecular flexibility index (Phi) is 6.44. The van der Waals surface area contributed by atoms with Crippen molar-refractivity contribution in [3.8, 4) is 5.75 Å². The predicted octanol–water partition coefficient (Wildman–Crippen LogP) is 4.03. The van der Waals surface area contributed by atoms with Crippen molar-refractivity contribution in [2.24, 2.45) is 0 Å². The minimum atomic E-state index is -0.119. The lowest BCUT2D eigenvalue weighted by Gasteiger charge is -2.15. The van der Waals surface area contributed by atoms with Crippen LogP contribution in [0, 0.1) is 0 Å². The van der Waals surface area contributed by atoms with Crippen LogP contribution in [-0.2, 0) is 4.79 Å². The number of anilines is 1. The summed E-state index contributed by atoms with van der Waals surface area (Å²) in [5.41, 5.74) is 1.72. The number of hydrogen-bond acceptors (Lipinski definition) is 3. The largest absolute Gasteiger partial charge is 0.492 e. The second-order valence-corrected chi connectivity index (χ2v) is 5.57. The quantitative estimate of drug-likeness (QED) is 0.805. The van der Waals surface area contributed by atoms with Crippen molar-refractivity contribution in [1.29, 1.82) is 0 Å². The minimum Gasteiger partial charge on any atom is -0.492 e. The third-order valence-electron chi connectivity index (χ3n) is 3.38. The highest BCUT2D eigenvalue weighted by Gasteiger charge is 2.10. The molecule has 1 amide bonds. The molecule has 0 aliphatic heterocycles. The van der Waals surface area contributed by atoms with Gasteiger partial charge in [-0.05, 0) is 43.7 Å². The minimum absolute atomic E-state index is 0.0292. The molecule has 2 aromatic rings. The van der Waals surface area contributed by atoms with Crippen LogP contribution in [0.5, 0.6) is 5.75 Å². The number of carbonyl (C=O) groups is 1. The first-order valence-electron chi connectivity index (χ1n) is 7.60. The van der Waals surface area contributed by atoms with E-state index in [0.29, 0.717) is 23.1 Å². The number of ether oxygens (including phenoxy) is 1. The molecule has 0 heterocycles. The number of nitrogens with one attached hydrogen (secondary N) is 2. The fraction of sp³-hybridized carbons (Fsp3) is 0.278. The molecule has 2 aromatic carbocycles. The summed E-state index contributed by atoms with van der Waals surface area (Å²) >= 11 is 5.99. The van der Waals surface area contributed by atoms with Gasteiger partial charge in [-0.3, -0.25) is 4.79 Å². The van der Waals surface area contributed by atoms with Crippen LogP contribution in [0.3, 0.4) is 0 Å². The molecule has 0 saturated heterocycles. The first kappa shape index (κ1) is 17.3. The number of para-hydroxylation sites is 2. The maximum absolute atomic E-state index is 12.1. The molecule has 2 N–H and O–H groups in total. The van der Waals surface area contributed by atoms with Crippen LogP contribution in [0.4, 0.5) is 5.69 Å². The summed E-state index contributed by atoms with van der Waals surface area (Å²) in [6.07, 6.45) is 0. The third kappa shape index (κ3) is 5.27. The molecule has 122 valence electrons. The average molecular weight is 333 g/mol. The van der Waals surface area contributed by atoms with Crippen molar-refractivity contribution < 1.29 is 9.53 Å². The van der Waals surface area contributed by atoms with Gasteiger partial charge in [0.1, 0.15) is 5.75 Å². The molecule has 0 bridgehead atoms. The Morgan fingerprint density at radius 3 is 2.74 bits per heavy atom. The lowest BCUT2D eigenvalue weighted by molar-refractivity contribution is -0.115. The average Bonchev–Trinajstić information content (AvgIpc) is 2.54. The molecule has 0 unspecified atom stereocenters. The van der Waals surface area contributed by atoms with Crippen LogP contribution in [0.2, 0.25) is 5.02 Å². The maximum Gasteiger partial charge on any atom is 0.238 e. The Labute approximate surface area is 141 Å². The summed E-state index contributed by atoms with van der Waals surface area (Å²) in [7, 11) is 0. The molecule has 4 nitrogen and oxygen atoms in total. The van der Waals surface area contributed by atoms with Crippen molar-refractivity contribution in [3.63, 3.8) is 0 Å². The van der Waals surface area contributed by atoms with Crippen molar-refractivity contribution >= 4 is 23.2 Å². The Morgan fingerprint density at radius 2 is 2.00 bits per heavy atom. The normalized spacial score (nSPS) is 11.8. The van der Waals surface area contributed by atoms with Crippen LogP contribution >= 0.6 is 11.6 Å². The molecule has 5 heteroatoms. The molecule has 0 aliphatic carbocycles. The highest BCUT2D eigenvalue weighted by Crippen LogP contribution is 2.23. The van der Waals surface area contributed by atoms with E-state index in [4.69, 9.17) is 16.3 Å². The summed E-state index contributed by atoms with van der Waals surface area (Å²) in [6.45, 7) is 4.66. The van der Waals surface area contributed by atoms with Gasteiger partial charge in [0.25, 0.3) is 0 Å². The standard InChI is InChI=1S/C18H21ClN2O2/c1-3-23-17-10-5-4-9-16(17)21-18(22)12-20-13(2)14-7-6-8-15(19)11-14/h4-11,13,20H,3,12H2,1-2H3,(H,21,22)/t13-/m1/s1. The first-order valence-corrected chi connectivity index (χ1v) is 7.98. The van der Waals surface area contributed by atoms with Crippen LogP contribution < -0.4 is 15.4 Å². The van der Waals surface area contributed by atoms with Crippen LogP contribution in [-0.4, -0.2) is 19.1 Å². The molecular formula is C18H21ClN2O2. The molecular weight excluding hydrogens is 312 g/mol. The SMILES string of the molecule is CCOc1ccccc1NC(=O)CN[C@H](C)c1cccc(Cl)c1. The molecule has 0 radical (unpaired) electrons. The summed E-state index contributed by atoms with van der Waals surface area (Å²) in [6, 6.07) is 15.0. The Balaban J connectivity index is 1.90. The van der Waals surface area contributed by atoms with Gasteiger partial charge in [0, 0.05) is 11.1 Å². The number of rotatable bonds is 7. The van der Waals surface area contributed by atoms with Crippen LogP contribution in [0.15, 0.2) is 48.5 Å². The summed E-state index contributed by atoms with van der Waals surface area (Å²) in [5.74, 6) is 0.553. The lowest BCUT2D eigenvalue weighted by atomic mass is 10.1. The number of amides is 1. The van der Waals surface area contributed by atoms with E-state index < -0.39 is 0 Å². The van der Waals surface area contributed by atoms with Crippen molar-refractivity contribution in [3.05, 3.63) is 59.1 Å². The van der Waals surface area contributed by atoms with E-state index in [1.807, 2.05) is 62.4 Å². The van der Waals surface area contributed by atoms with E-state index in [9.17, 15) is 4.79 Å². The van der Waals surface area contributed by atoms with Crippen molar-refractivity contribution in [1.82, 2.24) is 5.32 Å². The fourth-order valence-electron chi connectivity index (χ4n) is 2.19. The van der Waals surface area contributed by atoms with Gasteiger partial charge in [-0.15, -0.1) is 0 Å². The highest BCUT2D eigenvalue weighted by molar-refractivity contribution is 6.30. The van der Waals surface area contributed by atoms with E-state index in [0.717, 1.165) is 5.56 Å². The van der Waals surface area contributed by atoms with E-state index >= 15 is 0 Å². The van der Waals surface area contributed by atoms with Crippen LogP contribution in [0.25, 0.3) is 0 Å². The van der Waals surface area contributed by atoms with E-state index in [1.165, 1.54) is 0 Å². The zero-order valence-electron chi connectivity index (χ0n) is 13.3. The summed E-state index contributed by atoms with van der Waals surface area (Å²) in [5, 5.41) is 6.73. The number of benzene rings is 2. The number of halogens is 1. The van der Waals surface area contributed by atoms with Gasteiger partial charge in [0.15, 0.2) is 0 Å². The predicted molar refractivity (Wildman–Crippen MR) is 94.1 cm³/mol. The van der Waals surface area contributed by atoms with E-state index in [-0.39, 0.29) is 18.5 Å². The lowest BCUT2D eigenvalue weighted by Crippen LogP contribution is -2.30. The van der Waals surface area contributed by atoms with E-state index in [1.54, 1.807) is 0 Å². The van der Waals surface area contributed by atoms with Gasteiger partial charge >= 0.3 is 0 Å². The first-order chi connectivity index (χ1) is 11.1. The van der Waals surface area contributed by atoms with Gasteiger partial charge < -0.3 is 15.4 Å². The van der Waals surface area contributed by atoms with Crippen LogP contribution in [0.1, 0.15) is 25.5 Å². The summed E-state index contributed by atoms with van der Waals surface area (Å²) < 4.78 is 5.50. The fourth-order valence-corrected chi connectivity index (χ4v) is 2.38. The number of carbonyl (C=O) groups excluding carboxylic acids is 1. The topological polar surface area (TPSA) is 50.4 Å². The highest BCUT2D eigenvalue weighted by atomic mass is 35.5. The zero-order valence-corrected chi connectivity index (χ0v) is 14.1. The van der Waals surface area contributed by atoms with Crippen molar-refractivity contribution in [2.75, 3.05) is 18.5 Å². The second-order valence-electron chi connectivity index (χ2n) is 5.13. The smallest absolute Gasteiger partial charge is 0.238 e. The van der Waals surface area contributed by atoms with Gasteiger partial charge in [-0.25, -0.2) is 0 Å². The molecule has 0 spiro atoms. The Hall–Kier alpha value is -2.04. The third-order valence-corrected chi connectivity index (χ3v) is 3.61. The molecule has 0 saturated carbocycles. The zero-order chi connectivity index (χ0) is 16.7. The second kappa shape index (κ2) is 8.56.